The highest BCUT2D eigenvalue weighted by Gasteiger charge is 2.45. The van der Waals surface area contributed by atoms with Crippen molar-refractivity contribution >= 4 is 23.4 Å². The average Bonchev–Trinajstić information content (AvgIpc) is 3.40. The van der Waals surface area contributed by atoms with E-state index in [-0.39, 0.29) is 18.2 Å². The van der Waals surface area contributed by atoms with Gasteiger partial charge in [-0.1, -0.05) is 13.0 Å². The molecule has 2 aliphatic rings. The third-order valence-corrected chi connectivity index (χ3v) is 8.05. The van der Waals surface area contributed by atoms with Gasteiger partial charge in [-0.05, 0) is 70.4 Å². The summed E-state index contributed by atoms with van der Waals surface area (Å²) in [6.07, 6.45) is 4.22. The molecule has 3 aromatic rings. The zero-order valence-electron chi connectivity index (χ0n) is 25.2. The van der Waals surface area contributed by atoms with E-state index in [9.17, 15) is 27.9 Å². The Kier molecular flexibility index (Phi) is 8.32. The van der Waals surface area contributed by atoms with Gasteiger partial charge in [0.15, 0.2) is 0 Å². The van der Waals surface area contributed by atoms with Gasteiger partial charge in [0.2, 0.25) is 0 Å². The topological polar surface area (TPSA) is 117 Å². The van der Waals surface area contributed by atoms with Crippen LogP contribution in [0.25, 0.3) is 11.3 Å². The van der Waals surface area contributed by atoms with Crippen LogP contribution >= 0.6 is 0 Å². The molecule has 0 bridgehead atoms. The summed E-state index contributed by atoms with van der Waals surface area (Å²) >= 11 is 0. The van der Waals surface area contributed by atoms with E-state index >= 15 is 0 Å². The van der Waals surface area contributed by atoms with E-state index in [1.807, 2.05) is 18.2 Å². The van der Waals surface area contributed by atoms with Crippen molar-refractivity contribution in [3.63, 3.8) is 0 Å². The second kappa shape index (κ2) is 11.7. The van der Waals surface area contributed by atoms with Crippen LogP contribution in [0.15, 0.2) is 36.5 Å². The minimum Gasteiger partial charge on any atom is -0.444 e. The lowest BCUT2D eigenvalue weighted by Crippen LogP contribution is -2.65. The molecule has 5 rings (SSSR count). The third-order valence-electron chi connectivity index (χ3n) is 8.05. The molecular weight excluding hydrogens is 575 g/mol. The van der Waals surface area contributed by atoms with Gasteiger partial charge in [0.1, 0.15) is 34.4 Å². The van der Waals surface area contributed by atoms with E-state index in [4.69, 9.17) is 4.74 Å². The zero-order valence-corrected chi connectivity index (χ0v) is 25.2. The Morgan fingerprint density at radius 3 is 2.48 bits per heavy atom. The molecule has 1 fully saturated rings. The number of aromatic nitrogens is 2. The zero-order chi connectivity index (χ0) is 32.0. The fraction of sp³-hybridized carbons (Fsp3) is 0.406. The Morgan fingerprint density at radius 1 is 1.09 bits per heavy atom. The van der Waals surface area contributed by atoms with E-state index in [0.717, 1.165) is 48.0 Å². The lowest BCUT2D eigenvalue weighted by Gasteiger charge is -2.48. The van der Waals surface area contributed by atoms with Crippen molar-refractivity contribution in [2.24, 2.45) is 5.92 Å². The number of anilines is 2. The Labute approximate surface area is 253 Å². The number of pyridine rings is 2. The minimum absolute atomic E-state index is 0.196. The number of hydrogen-bond acceptors (Lipinski definition) is 7. The number of piperidine rings is 1. The number of nitrogens with one attached hydrogen (secondary N) is 2. The predicted octanol–water partition coefficient (Wildman–Crippen LogP) is 5.41. The summed E-state index contributed by atoms with van der Waals surface area (Å²) in [6, 6.07) is 4.44. The first-order valence-corrected chi connectivity index (χ1v) is 14.4. The van der Waals surface area contributed by atoms with Crippen molar-refractivity contribution in [3.8, 4) is 11.3 Å². The molecule has 2 amide bonds. The minimum atomic E-state index is -1.27. The SMILES string of the molecule is C[C@H]1CN(c2c(NC(=O)c3ccc(F)c(-c4c(F)cccc4F)n3)cnc3c2CC[CH]3)C[C@@H](NC(=O)OC(C)(C)C)C1(C)O. The predicted molar refractivity (Wildman–Crippen MR) is 159 cm³/mol. The molecule has 3 heterocycles. The van der Waals surface area contributed by atoms with Crippen molar-refractivity contribution in [1.29, 1.82) is 0 Å². The van der Waals surface area contributed by atoms with Crippen LogP contribution in [0.2, 0.25) is 0 Å². The van der Waals surface area contributed by atoms with E-state index in [1.165, 1.54) is 6.20 Å². The maximum absolute atomic E-state index is 14.7. The second-order valence-electron chi connectivity index (χ2n) is 12.4. The summed E-state index contributed by atoms with van der Waals surface area (Å²) in [4.78, 5) is 36.6. The van der Waals surface area contributed by atoms with E-state index in [0.29, 0.717) is 24.3 Å². The van der Waals surface area contributed by atoms with E-state index in [2.05, 4.69) is 20.6 Å². The number of carbonyl (C=O) groups excluding carboxylic acids is 2. The molecule has 2 aromatic heterocycles. The number of benzene rings is 1. The quantitative estimate of drug-likeness (QED) is 0.354. The van der Waals surface area contributed by atoms with Gasteiger partial charge >= 0.3 is 6.09 Å². The fourth-order valence-corrected chi connectivity index (χ4v) is 5.60. The molecule has 1 aliphatic carbocycles. The van der Waals surface area contributed by atoms with Gasteiger partial charge in [0.25, 0.3) is 5.91 Å². The summed E-state index contributed by atoms with van der Waals surface area (Å²) < 4.78 is 49.0. The van der Waals surface area contributed by atoms with Crippen molar-refractivity contribution in [2.75, 3.05) is 23.3 Å². The number of nitrogens with zero attached hydrogens (tertiary/aromatic N) is 3. The number of halogens is 3. The maximum Gasteiger partial charge on any atom is 0.408 e. The van der Waals surface area contributed by atoms with Gasteiger partial charge in [-0.2, -0.15) is 0 Å². The summed E-state index contributed by atoms with van der Waals surface area (Å²) in [7, 11) is 0. The van der Waals surface area contributed by atoms with Crippen LogP contribution in [0.5, 0.6) is 0 Å². The first kappa shape index (κ1) is 31.2. The second-order valence-corrected chi connectivity index (χ2v) is 12.4. The highest BCUT2D eigenvalue weighted by Crippen LogP contribution is 2.41. The first-order valence-electron chi connectivity index (χ1n) is 14.4. The van der Waals surface area contributed by atoms with E-state index in [1.54, 1.807) is 27.7 Å². The van der Waals surface area contributed by atoms with E-state index < -0.39 is 58.0 Å². The molecule has 44 heavy (non-hydrogen) atoms. The number of carbonyl (C=O) groups is 2. The van der Waals surface area contributed by atoms with Crippen LogP contribution in [0.4, 0.5) is 29.3 Å². The fourth-order valence-electron chi connectivity index (χ4n) is 5.60. The van der Waals surface area contributed by atoms with Crippen LogP contribution in [-0.4, -0.2) is 57.4 Å². The summed E-state index contributed by atoms with van der Waals surface area (Å²) in [5, 5.41) is 17.0. The molecule has 1 unspecified atom stereocenters. The molecule has 233 valence electrons. The molecule has 0 saturated carbocycles. The van der Waals surface area contributed by atoms with Crippen molar-refractivity contribution < 1.29 is 32.6 Å². The van der Waals surface area contributed by atoms with Crippen molar-refractivity contribution in [1.82, 2.24) is 15.3 Å². The Bertz CT molecular complexity index is 1590. The molecular formula is C32H35F3N5O4. The number of amides is 2. The van der Waals surface area contributed by atoms with Crippen LogP contribution < -0.4 is 15.5 Å². The molecule has 3 N–H and O–H groups in total. The number of hydrogen-bond donors (Lipinski definition) is 3. The van der Waals surface area contributed by atoms with Crippen LogP contribution in [-0.2, 0) is 11.2 Å². The van der Waals surface area contributed by atoms with Crippen LogP contribution in [0.1, 0.15) is 62.8 Å². The van der Waals surface area contributed by atoms with Crippen LogP contribution in [0, 0.1) is 29.8 Å². The Balaban J connectivity index is 1.48. The lowest BCUT2D eigenvalue weighted by molar-refractivity contribution is -0.0405. The molecule has 3 atom stereocenters. The molecule has 1 aromatic carbocycles. The van der Waals surface area contributed by atoms with Gasteiger partial charge in [-0.15, -0.1) is 0 Å². The van der Waals surface area contributed by atoms with Gasteiger partial charge in [-0.3, -0.25) is 9.78 Å². The number of alkyl carbamates (subject to hydrolysis) is 1. The normalized spacial score (nSPS) is 21.5. The molecule has 9 nitrogen and oxygen atoms in total. The number of aliphatic hydroxyl groups is 1. The Morgan fingerprint density at radius 2 is 1.80 bits per heavy atom. The van der Waals surface area contributed by atoms with Gasteiger partial charge in [0.05, 0.1) is 34.8 Å². The first-order chi connectivity index (χ1) is 20.7. The summed E-state index contributed by atoms with van der Waals surface area (Å²) in [5.41, 5.74) is -0.924. The van der Waals surface area contributed by atoms with Crippen molar-refractivity contribution in [2.45, 2.75) is 64.7 Å². The highest BCUT2D eigenvalue weighted by atomic mass is 19.1. The van der Waals surface area contributed by atoms with Crippen LogP contribution in [0.3, 0.4) is 0 Å². The number of ether oxygens (including phenoxy) is 1. The third kappa shape index (κ3) is 6.21. The molecule has 1 radical (unpaired) electrons. The van der Waals surface area contributed by atoms with Crippen molar-refractivity contribution in [3.05, 3.63) is 77.4 Å². The molecule has 1 aliphatic heterocycles. The molecule has 12 heteroatoms. The van der Waals surface area contributed by atoms with Gasteiger partial charge < -0.3 is 25.4 Å². The van der Waals surface area contributed by atoms with Gasteiger partial charge in [0, 0.05) is 31.1 Å². The largest absolute Gasteiger partial charge is 0.444 e. The summed E-state index contributed by atoms with van der Waals surface area (Å²) in [6.45, 7) is 9.37. The lowest BCUT2D eigenvalue weighted by atomic mass is 9.79. The maximum atomic E-state index is 14.7. The number of rotatable bonds is 5. The average molecular weight is 611 g/mol. The Hall–Kier alpha value is -4.19. The smallest absolute Gasteiger partial charge is 0.408 e. The standard InChI is InChI=1S/C32H35F3N5O4/c1-17-15-40(16-25(32(17,5)43)39-30(42)44-31(2,3)4)28-18-8-6-11-22(18)36-14-24(28)38-29(41)23-13-12-21(35)27(37-23)26-19(33)9-7-10-20(26)34/h7,9-14,17,25,43H,6,8,15-16H2,1-5H3,(H,38,41)(H,39,42)/t17-,25+,32?/m0/s1. The molecule has 0 spiro atoms. The summed E-state index contributed by atoms with van der Waals surface area (Å²) in [5.74, 6) is -4.07. The monoisotopic (exact) mass is 610 g/mol. The number of fused-ring (bicyclic) bond motifs is 1. The van der Waals surface area contributed by atoms with Gasteiger partial charge in [-0.25, -0.2) is 22.9 Å². The highest BCUT2D eigenvalue weighted by molar-refractivity contribution is 6.05. The molecule has 1 saturated heterocycles.